The zero-order chi connectivity index (χ0) is 40.8. The second-order valence-corrected chi connectivity index (χ2v) is 19.9. The molecule has 4 aliphatic rings. The lowest BCUT2D eigenvalue weighted by atomic mass is 9.82. The molecule has 3 fully saturated rings. The lowest BCUT2D eigenvalue weighted by molar-refractivity contribution is -0.160. The van der Waals surface area contributed by atoms with Crippen molar-refractivity contribution in [3.8, 4) is 11.6 Å². The van der Waals surface area contributed by atoms with Crippen LogP contribution in [0.4, 0.5) is 4.39 Å². The van der Waals surface area contributed by atoms with Gasteiger partial charge in [0.2, 0.25) is 27.7 Å². The first-order valence-corrected chi connectivity index (χ1v) is 21.4. The number of esters is 1. The molecule has 2 aliphatic heterocycles. The summed E-state index contributed by atoms with van der Waals surface area (Å²) >= 11 is 0. The third kappa shape index (κ3) is 8.89. The molecule has 0 bridgehead atoms. The van der Waals surface area contributed by atoms with E-state index in [-0.39, 0.29) is 68.2 Å². The molecule has 1 saturated heterocycles. The molecule has 12 nitrogen and oxygen atoms in total. The number of benzene rings is 1. The summed E-state index contributed by atoms with van der Waals surface area (Å²) in [5.74, 6) is -3.69. The molecule has 56 heavy (non-hydrogen) atoms. The Kier molecular flexibility index (Phi) is 11.7. The van der Waals surface area contributed by atoms with Crippen molar-refractivity contribution >= 4 is 44.4 Å². The van der Waals surface area contributed by atoms with Crippen LogP contribution in [-0.2, 0) is 33.9 Å². The maximum atomic E-state index is 15.1. The van der Waals surface area contributed by atoms with Crippen LogP contribution in [0.5, 0.6) is 11.6 Å². The molecule has 14 heteroatoms. The summed E-state index contributed by atoms with van der Waals surface area (Å²) < 4.78 is 60.3. The zero-order valence-corrected chi connectivity index (χ0v) is 34.4. The summed E-state index contributed by atoms with van der Waals surface area (Å²) in [6.07, 6.45) is 7.55. The minimum absolute atomic E-state index is 0.0326. The predicted octanol–water partition coefficient (Wildman–Crippen LogP) is 6.45. The van der Waals surface area contributed by atoms with Crippen LogP contribution in [0.3, 0.4) is 0 Å². The summed E-state index contributed by atoms with van der Waals surface area (Å²) in [4.78, 5) is 62.6. The number of Topliss-reactive ketones (excluding diaryl/α,β-unsaturated/α-hetero) is 1. The first-order valence-electron chi connectivity index (χ1n) is 19.9. The van der Waals surface area contributed by atoms with Gasteiger partial charge in [0.1, 0.15) is 11.7 Å². The molecule has 7 atom stereocenters. The number of ketones is 1. The number of nitrogens with zero attached hydrogens (tertiary/aromatic N) is 2. The van der Waals surface area contributed by atoms with Crippen molar-refractivity contribution in [2.75, 3.05) is 13.2 Å². The number of rotatable bonds is 9. The van der Waals surface area contributed by atoms with Crippen LogP contribution >= 0.6 is 0 Å². The Morgan fingerprint density at radius 1 is 1.12 bits per heavy atom. The number of allylic oxidation sites excluding steroid dienone is 2. The normalized spacial score (nSPS) is 30.0. The van der Waals surface area contributed by atoms with Crippen molar-refractivity contribution in [3.05, 3.63) is 42.4 Å². The van der Waals surface area contributed by atoms with E-state index in [0.717, 1.165) is 6.42 Å². The topological polar surface area (TPSA) is 158 Å². The van der Waals surface area contributed by atoms with E-state index < -0.39 is 73.2 Å². The van der Waals surface area contributed by atoms with E-state index in [1.165, 1.54) is 17.2 Å². The SMILES string of the molecule is CCOc1cc2ccnc(O[C@@H]3C[C@H]4C(=O)C[C@]5(C(=O)NS(=O)(=O)C6(C)CC6)C[C@H]5/C=C\CC[C@@H](C)C[C@@H](C)[C@H](CC(=O)OC(C)(C)C)C(=O)N4C3)c2cc1F. The second kappa shape index (κ2) is 15.7. The summed E-state index contributed by atoms with van der Waals surface area (Å²) in [6.45, 7) is 12.9. The first kappa shape index (κ1) is 41.6. The van der Waals surface area contributed by atoms with Crippen molar-refractivity contribution in [1.82, 2.24) is 14.6 Å². The third-order valence-corrected chi connectivity index (χ3v) is 14.1. The van der Waals surface area contributed by atoms with Crippen LogP contribution in [0.15, 0.2) is 36.5 Å². The fraction of sp³-hybridized carbons (Fsp3) is 0.643. The van der Waals surface area contributed by atoms with Gasteiger partial charge in [-0.2, -0.15) is 0 Å². The van der Waals surface area contributed by atoms with Crippen LogP contribution in [-0.4, -0.2) is 77.5 Å². The lowest BCUT2D eigenvalue weighted by Crippen LogP contribution is -2.48. The molecule has 2 aromatic rings. The average Bonchev–Trinajstić information content (AvgIpc) is 3.98. The fourth-order valence-corrected chi connectivity index (χ4v) is 9.65. The van der Waals surface area contributed by atoms with Crippen LogP contribution < -0.4 is 14.2 Å². The number of amides is 2. The van der Waals surface area contributed by atoms with Crippen molar-refractivity contribution in [2.45, 2.75) is 129 Å². The highest BCUT2D eigenvalue weighted by atomic mass is 32.2. The Morgan fingerprint density at radius 2 is 1.86 bits per heavy atom. The van der Waals surface area contributed by atoms with Gasteiger partial charge in [0.05, 0.1) is 41.7 Å². The number of fused-ring (bicyclic) bond motifs is 3. The lowest BCUT2D eigenvalue weighted by Gasteiger charge is -2.32. The van der Waals surface area contributed by atoms with Gasteiger partial charge in [-0.05, 0) is 114 Å². The number of halogens is 1. The molecule has 2 amide bonds. The highest BCUT2D eigenvalue weighted by Gasteiger charge is 2.62. The van der Waals surface area contributed by atoms with Crippen LogP contribution in [0.2, 0.25) is 0 Å². The molecular formula is C42H56FN3O9S. The smallest absolute Gasteiger partial charge is 0.307 e. The van der Waals surface area contributed by atoms with Gasteiger partial charge in [0.25, 0.3) is 0 Å². The zero-order valence-electron chi connectivity index (χ0n) is 33.6. The monoisotopic (exact) mass is 797 g/mol. The summed E-state index contributed by atoms with van der Waals surface area (Å²) in [7, 11) is -3.98. The number of hydrogen-bond acceptors (Lipinski definition) is 10. The van der Waals surface area contributed by atoms with Crippen molar-refractivity contribution in [3.63, 3.8) is 0 Å². The van der Waals surface area contributed by atoms with Crippen molar-refractivity contribution in [2.24, 2.45) is 29.1 Å². The second-order valence-electron chi connectivity index (χ2n) is 17.7. The largest absolute Gasteiger partial charge is 0.491 e. The van der Waals surface area contributed by atoms with Crippen LogP contribution in [0, 0.1) is 34.9 Å². The molecule has 2 saturated carbocycles. The van der Waals surface area contributed by atoms with E-state index in [1.807, 2.05) is 19.1 Å². The number of nitrogens with one attached hydrogen (secondary N) is 1. The highest BCUT2D eigenvalue weighted by molar-refractivity contribution is 7.91. The molecule has 3 heterocycles. The molecule has 306 valence electrons. The minimum atomic E-state index is -3.98. The average molecular weight is 798 g/mol. The number of carbonyl (C=O) groups is 4. The molecule has 1 N–H and O–H groups in total. The minimum Gasteiger partial charge on any atom is -0.491 e. The van der Waals surface area contributed by atoms with Gasteiger partial charge in [-0.3, -0.25) is 23.9 Å². The predicted molar refractivity (Wildman–Crippen MR) is 208 cm³/mol. The summed E-state index contributed by atoms with van der Waals surface area (Å²) in [6, 6.07) is 3.50. The van der Waals surface area contributed by atoms with Gasteiger partial charge >= 0.3 is 5.97 Å². The molecule has 0 unspecified atom stereocenters. The molecule has 6 rings (SSSR count). The fourth-order valence-electron chi connectivity index (χ4n) is 8.31. The summed E-state index contributed by atoms with van der Waals surface area (Å²) in [5, 5.41) is 1.01. The molecule has 1 aromatic heterocycles. The van der Waals surface area contributed by atoms with Gasteiger partial charge in [0.15, 0.2) is 17.3 Å². The van der Waals surface area contributed by atoms with Crippen molar-refractivity contribution in [1.29, 1.82) is 0 Å². The number of ether oxygens (including phenoxy) is 3. The maximum absolute atomic E-state index is 15.1. The number of sulfonamides is 1. The van der Waals surface area contributed by atoms with Gasteiger partial charge in [-0.15, -0.1) is 0 Å². The number of hydrogen-bond donors (Lipinski definition) is 1. The molecular weight excluding hydrogens is 742 g/mol. The quantitative estimate of drug-likeness (QED) is 0.221. The van der Waals surface area contributed by atoms with Crippen LogP contribution in [0.25, 0.3) is 10.8 Å². The molecule has 2 aliphatic carbocycles. The first-order chi connectivity index (χ1) is 26.3. The number of pyridine rings is 1. The highest BCUT2D eigenvalue weighted by Crippen LogP contribution is 2.57. The Hall–Kier alpha value is -4.07. The standard InChI is InChI=1S/C42H56FN3O9S/c1-8-53-35-18-27-13-16-44-37(31(27)20-32(35)43)54-29-19-33-34(47)23-42(39(50)45-56(51,52)41(7)14-15-41)22-28(42)12-10-9-11-25(2)17-26(3)30(38(49)46(33)24-29)21-36(48)55-40(4,5)6/h10,12-13,16,18,20,25-26,28-30,33H,8-9,11,14-15,17,19,21-24H2,1-7H3,(H,45,50)/b12-10-/t25-,26-,28-,29-,30+,33+,42-/m1/s1. The number of carbonyl (C=O) groups excluding carboxylic acids is 4. The Bertz CT molecular complexity index is 2010. The molecule has 0 radical (unpaired) electrons. The molecule has 0 spiro atoms. The Labute approximate surface area is 329 Å². The van der Waals surface area contributed by atoms with E-state index in [2.05, 4.69) is 16.6 Å². The van der Waals surface area contributed by atoms with E-state index in [9.17, 15) is 27.6 Å². The van der Waals surface area contributed by atoms with Gasteiger partial charge in [-0.25, -0.2) is 17.8 Å². The van der Waals surface area contributed by atoms with Gasteiger partial charge < -0.3 is 19.1 Å². The van der Waals surface area contributed by atoms with E-state index >= 15 is 4.39 Å². The Balaban J connectivity index is 1.35. The van der Waals surface area contributed by atoms with Gasteiger partial charge in [-0.1, -0.05) is 26.0 Å². The van der Waals surface area contributed by atoms with Gasteiger partial charge in [0, 0.05) is 24.4 Å². The maximum Gasteiger partial charge on any atom is 0.307 e. The third-order valence-electron chi connectivity index (χ3n) is 12.0. The summed E-state index contributed by atoms with van der Waals surface area (Å²) in [5.41, 5.74) is -2.08. The van der Waals surface area contributed by atoms with Crippen LogP contribution in [0.1, 0.15) is 106 Å². The van der Waals surface area contributed by atoms with Crippen molar-refractivity contribution < 1.29 is 46.2 Å². The number of aromatic nitrogens is 1. The Morgan fingerprint density at radius 3 is 2.54 bits per heavy atom. The molecule has 1 aromatic carbocycles. The van der Waals surface area contributed by atoms with E-state index in [0.29, 0.717) is 36.5 Å². The van der Waals surface area contributed by atoms with E-state index in [1.54, 1.807) is 46.8 Å². The van der Waals surface area contributed by atoms with E-state index in [4.69, 9.17) is 14.2 Å².